The standard InChI is InChI=1S/C11H15NO5S/c1-7-5-8(2)10(12)9(6-7)11(13)17-3-4-18(14,15)16/h5-6H,3-4,12H2,1-2H3,(H,14,15,16). The Morgan fingerprint density at radius 3 is 2.56 bits per heavy atom. The molecule has 0 aliphatic rings. The van der Waals surface area contributed by atoms with Gasteiger partial charge in [0.25, 0.3) is 10.1 Å². The van der Waals surface area contributed by atoms with Crippen molar-refractivity contribution in [1.82, 2.24) is 0 Å². The van der Waals surface area contributed by atoms with Crippen LogP contribution in [-0.2, 0) is 14.9 Å². The van der Waals surface area contributed by atoms with Crippen LogP contribution in [0.1, 0.15) is 21.5 Å². The van der Waals surface area contributed by atoms with Crippen molar-refractivity contribution < 1.29 is 22.5 Å². The van der Waals surface area contributed by atoms with E-state index in [2.05, 4.69) is 0 Å². The maximum Gasteiger partial charge on any atom is 0.340 e. The third-order valence-electron chi connectivity index (χ3n) is 2.33. The minimum atomic E-state index is -4.14. The fraction of sp³-hybridized carbons (Fsp3) is 0.364. The number of anilines is 1. The van der Waals surface area contributed by atoms with E-state index in [-0.39, 0.29) is 5.56 Å². The summed E-state index contributed by atoms with van der Waals surface area (Å²) >= 11 is 0. The summed E-state index contributed by atoms with van der Waals surface area (Å²) in [6.07, 6.45) is 0. The third kappa shape index (κ3) is 4.01. The van der Waals surface area contributed by atoms with E-state index in [1.807, 2.05) is 6.07 Å². The molecule has 18 heavy (non-hydrogen) atoms. The molecule has 0 amide bonds. The molecule has 0 saturated heterocycles. The SMILES string of the molecule is Cc1cc(C)c(N)c(C(=O)OCCS(=O)(=O)O)c1. The minimum Gasteiger partial charge on any atom is -0.461 e. The highest BCUT2D eigenvalue weighted by atomic mass is 32.2. The molecule has 0 aliphatic carbocycles. The van der Waals surface area contributed by atoms with Crippen molar-refractivity contribution in [3.8, 4) is 0 Å². The van der Waals surface area contributed by atoms with E-state index in [9.17, 15) is 13.2 Å². The Kier molecular flexibility index (Phi) is 4.31. The van der Waals surface area contributed by atoms with Gasteiger partial charge < -0.3 is 10.5 Å². The van der Waals surface area contributed by atoms with Crippen LogP contribution < -0.4 is 5.73 Å². The molecular formula is C11H15NO5S. The zero-order valence-corrected chi connectivity index (χ0v) is 11.0. The van der Waals surface area contributed by atoms with Gasteiger partial charge in [-0.2, -0.15) is 8.42 Å². The summed E-state index contributed by atoms with van der Waals surface area (Å²) in [6.45, 7) is 3.16. The summed E-state index contributed by atoms with van der Waals surface area (Å²) in [6, 6.07) is 3.39. The van der Waals surface area contributed by atoms with Crippen LogP contribution in [0.5, 0.6) is 0 Å². The average Bonchev–Trinajstić information content (AvgIpc) is 2.21. The number of hydrogen-bond acceptors (Lipinski definition) is 5. The topological polar surface area (TPSA) is 107 Å². The van der Waals surface area contributed by atoms with Crippen molar-refractivity contribution in [2.75, 3.05) is 18.1 Å². The van der Waals surface area contributed by atoms with E-state index >= 15 is 0 Å². The van der Waals surface area contributed by atoms with Crippen molar-refractivity contribution in [2.24, 2.45) is 0 Å². The van der Waals surface area contributed by atoms with Gasteiger partial charge in [-0.05, 0) is 31.0 Å². The number of hydrogen-bond donors (Lipinski definition) is 2. The molecule has 1 aromatic carbocycles. The van der Waals surface area contributed by atoms with Crippen LogP contribution in [0.4, 0.5) is 5.69 Å². The molecule has 3 N–H and O–H groups in total. The molecule has 0 aromatic heterocycles. The number of benzene rings is 1. The Labute approximate surface area is 105 Å². The van der Waals surface area contributed by atoms with Gasteiger partial charge in [-0.1, -0.05) is 6.07 Å². The van der Waals surface area contributed by atoms with Crippen molar-refractivity contribution in [3.05, 3.63) is 28.8 Å². The molecule has 0 saturated carbocycles. The van der Waals surface area contributed by atoms with Crippen molar-refractivity contribution in [1.29, 1.82) is 0 Å². The van der Waals surface area contributed by atoms with Crippen LogP contribution >= 0.6 is 0 Å². The average molecular weight is 273 g/mol. The second-order valence-electron chi connectivity index (χ2n) is 3.97. The lowest BCUT2D eigenvalue weighted by atomic mass is 10.0. The van der Waals surface area contributed by atoms with Gasteiger partial charge >= 0.3 is 5.97 Å². The Morgan fingerprint density at radius 1 is 1.39 bits per heavy atom. The molecule has 0 heterocycles. The summed E-state index contributed by atoms with van der Waals surface area (Å²) in [5.74, 6) is -1.34. The van der Waals surface area contributed by atoms with E-state index < -0.39 is 28.4 Å². The fourth-order valence-corrected chi connectivity index (χ4v) is 1.76. The quantitative estimate of drug-likeness (QED) is 0.480. The molecule has 0 aliphatic heterocycles. The molecular weight excluding hydrogens is 258 g/mol. The normalized spacial score (nSPS) is 11.3. The van der Waals surface area contributed by atoms with Crippen molar-refractivity contribution >= 4 is 21.8 Å². The molecule has 1 aromatic rings. The first-order chi connectivity index (χ1) is 8.20. The third-order valence-corrected chi connectivity index (χ3v) is 3.01. The number of carbonyl (C=O) groups is 1. The van der Waals surface area contributed by atoms with E-state index in [0.29, 0.717) is 5.69 Å². The van der Waals surface area contributed by atoms with Gasteiger partial charge in [0.2, 0.25) is 0 Å². The van der Waals surface area contributed by atoms with Crippen LogP contribution in [0.3, 0.4) is 0 Å². The molecule has 0 spiro atoms. The van der Waals surface area contributed by atoms with Gasteiger partial charge in [0, 0.05) is 5.69 Å². The lowest BCUT2D eigenvalue weighted by Crippen LogP contribution is -2.16. The molecule has 0 unspecified atom stereocenters. The van der Waals surface area contributed by atoms with Crippen LogP contribution in [0.25, 0.3) is 0 Å². The van der Waals surface area contributed by atoms with E-state index in [0.717, 1.165) is 11.1 Å². The summed E-state index contributed by atoms with van der Waals surface area (Å²) in [5.41, 5.74) is 7.84. The Hall–Kier alpha value is -1.60. The highest BCUT2D eigenvalue weighted by Gasteiger charge is 2.14. The maximum atomic E-state index is 11.7. The van der Waals surface area contributed by atoms with Gasteiger partial charge in [0.15, 0.2) is 0 Å². The highest BCUT2D eigenvalue weighted by molar-refractivity contribution is 7.85. The fourth-order valence-electron chi connectivity index (χ4n) is 1.47. The highest BCUT2D eigenvalue weighted by Crippen LogP contribution is 2.20. The zero-order valence-electron chi connectivity index (χ0n) is 10.1. The summed E-state index contributed by atoms with van der Waals surface area (Å²) < 4.78 is 34.2. The first-order valence-corrected chi connectivity index (χ1v) is 6.80. The van der Waals surface area contributed by atoms with Gasteiger partial charge in [0.05, 0.1) is 5.56 Å². The number of rotatable bonds is 4. The molecule has 0 fully saturated rings. The molecule has 100 valence electrons. The van der Waals surface area contributed by atoms with Crippen molar-refractivity contribution in [2.45, 2.75) is 13.8 Å². The largest absolute Gasteiger partial charge is 0.461 e. The zero-order chi connectivity index (χ0) is 13.9. The number of esters is 1. The van der Waals surface area contributed by atoms with E-state index in [4.69, 9.17) is 15.0 Å². The molecule has 7 heteroatoms. The minimum absolute atomic E-state index is 0.197. The Bertz CT molecular complexity index is 565. The number of aryl methyl sites for hydroxylation is 2. The maximum absolute atomic E-state index is 11.7. The monoisotopic (exact) mass is 273 g/mol. The van der Waals surface area contributed by atoms with Crippen LogP contribution in [-0.4, -0.2) is 31.3 Å². The number of nitrogens with two attached hydrogens (primary N) is 1. The predicted octanol–water partition coefficient (Wildman–Crippen LogP) is 0.930. The number of ether oxygens (including phenoxy) is 1. The molecule has 0 radical (unpaired) electrons. The van der Waals surface area contributed by atoms with Crippen molar-refractivity contribution in [3.63, 3.8) is 0 Å². The summed E-state index contributed by atoms with van der Waals surface area (Å²) in [5, 5.41) is 0. The molecule has 6 nitrogen and oxygen atoms in total. The Morgan fingerprint density at radius 2 is 2.00 bits per heavy atom. The first-order valence-electron chi connectivity index (χ1n) is 5.19. The second kappa shape index (κ2) is 5.36. The van der Waals surface area contributed by atoms with Gasteiger partial charge in [-0.15, -0.1) is 0 Å². The predicted molar refractivity (Wildman–Crippen MR) is 67.0 cm³/mol. The first kappa shape index (κ1) is 14.5. The van der Waals surface area contributed by atoms with Crippen LogP contribution in [0, 0.1) is 13.8 Å². The van der Waals surface area contributed by atoms with Crippen LogP contribution in [0.2, 0.25) is 0 Å². The lowest BCUT2D eigenvalue weighted by Gasteiger charge is -2.09. The van der Waals surface area contributed by atoms with Gasteiger partial charge in [-0.3, -0.25) is 4.55 Å². The van der Waals surface area contributed by atoms with E-state index in [1.54, 1.807) is 19.9 Å². The van der Waals surface area contributed by atoms with Crippen LogP contribution in [0.15, 0.2) is 12.1 Å². The molecule has 0 atom stereocenters. The summed E-state index contributed by atoms with van der Waals surface area (Å²) in [7, 11) is -4.14. The Balaban J connectivity index is 2.79. The molecule has 0 bridgehead atoms. The summed E-state index contributed by atoms with van der Waals surface area (Å²) in [4.78, 5) is 11.7. The van der Waals surface area contributed by atoms with E-state index in [1.165, 1.54) is 0 Å². The van der Waals surface area contributed by atoms with Gasteiger partial charge in [-0.25, -0.2) is 4.79 Å². The molecule has 1 rings (SSSR count). The second-order valence-corrected chi connectivity index (χ2v) is 5.54. The number of nitrogen functional groups attached to an aromatic ring is 1. The smallest absolute Gasteiger partial charge is 0.340 e. The number of carbonyl (C=O) groups excluding carboxylic acids is 1. The lowest BCUT2D eigenvalue weighted by molar-refractivity contribution is 0.0529. The van der Waals surface area contributed by atoms with Gasteiger partial charge in [0.1, 0.15) is 12.4 Å².